The number of benzene rings is 1. The fourth-order valence-corrected chi connectivity index (χ4v) is 2.13. The lowest BCUT2D eigenvalue weighted by Gasteiger charge is -2.13. The maximum absolute atomic E-state index is 13.0. The second-order valence-corrected chi connectivity index (χ2v) is 4.38. The van der Waals surface area contributed by atoms with E-state index in [9.17, 15) is 4.39 Å². The SMILES string of the molecule is CCn1ncnc1CC(N)c1ccc(F)cc1Cl. The van der Waals surface area contributed by atoms with Crippen molar-refractivity contribution in [3.8, 4) is 0 Å². The zero-order valence-electron chi connectivity index (χ0n) is 9.98. The highest BCUT2D eigenvalue weighted by Crippen LogP contribution is 2.24. The first kappa shape index (κ1) is 13.0. The number of aryl methyl sites for hydroxylation is 1. The second-order valence-electron chi connectivity index (χ2n) is 3.97. The highest BCUT2D eigenvalue weighted by molar-refractivity contribution is 6.31. The zero-order valence-corrected chi connectivity index (χ0v) is 10.7. The van der Waals surface area contributed by atoms with Gasteiger partial charge in [-0.2, -0.15) is 5.10 Å². The van der Waals surface area contributed by atoms with Crippen LogP contribution in [0.2, 0.25) is 5.02 Å². The van der Waals surface area contributed by atoms with E-state index in [0.717, 1.165) is 12.4 Å². The molecule has 2 aromatic rings. The third kappa shape index (κ3) is 2.68. The van der Waals surface area contributed by atoms with Crippen LogP contribution in [0.1, 0.15) is 24.4 Å². The molecule has 0 radical (unpaired) electrons. The van der Waals surface area contributed by atoms with Crippen molar-refractivity contribution >= 4 is 11.6 Å². The Morgan fingerprint density at radius 2 is 2.28 bits per heavy atom. The highest BCUT2D eigenvalue weighted by Gasteiger charge is 2.14. The van der Waals surface area contributed by atoms with Crippen LogP contribution in [0.4, 0.5) is 4.39 Å². The van der Waals surface area contributed by atoms with Gasteiger partial charge in [-0.25, -0.2) is 9.37 Å². The standard InChI is InChI=1S/C12H14ClFN4/c1-2-18-12(16-7-17-18)6-11(15)9-4-3-8(14)5-10(9)13/h3-5,7,11H,2,6,15H2,1H3. The summed E-state index contributed by atoms with van der Waals surface area (Å²) in [6.45, 7) is 2.72. The lowest BCUT2D eigenvalue weighted by molar-refractivity contribution is 0.579. The highest BCUT2D eigenvalue weighted by atomic mass is 35.5. The molecular formula is C12H14ClFN4. The molecule has 2 N–H and O–H groups in total. The molecule has 1 atom stereocenters. The first-order valence-electron chi connectivity index (χ1n) is 5.69. The molecule has 6 heteroatoms. The molecule has 0 spiro atoms. The minimum atomic E-state index is -0.368. The van der Waals surface area contributed by atoms with Gasteiger partial charge < -0.3 is 5.73 Å². The van der Waals surface area contributed by atoms with Crippen LogP contribution in [0, 0.1) is 5.82 Å². The summed E-state index contributed by atoms with van der Waals surface area (Å²) in [6, 6.07) is 3.90. The molecule has 1 aromatic carbocycles. The quantitative estimate of drug-likeness (QED) is 0.926. The van der Waals surface area contributed by atoms with E-state index in [4.69, 9.17) is 17.3 Å². The van der Waals surface area contributed by atoms with Gasteiger partial charge in [-0.1, -0.05) is 17.7 Å². The lowest BCUT2D eigenvalue weighted by atomic mass is 10.0. The molecule has 0 aliphatic rings. The van der Waals surface area contributed by atoms with Crippen LogP contribution in [-0.4, -0.2) is 14.8 Å². The summed E-state index contributed by atoms with van der Waals surface area (Å²) >= 11 is 5.98. The Bertz CT molecular complexity index is 541. The number of aromatic nitrogens is 3. The van der Waals surface area contributed by atoms with E-state index in [1.54, 1.807) is 10.7 Å². The van der Waals surface area contributed by atoms with E-state index in [2.05, 4.69) is 10.1 Å². The predicted molar refractivity (Wildman–Crippen MR) is 67.7 cm³/mol. The van der Waals surface area contributed by atoms with Crippen molar-refractivity contribution in [3.63, 3.8) is 0 Å². The van der Waals surface area contributed by atoms with Gasteiger partial charge >= 0.3 is 0 Å². The summed E-state index contributed by atoms with van der Waals surface area (Å²) in [5, 5.41) is 4.41. The molecular weight excluding hydrogens is 255 g/mol. The number of hydrogen-bond acceptors (Lipinski definition) is 3. The van der Waals surface area contributed by atoms with Crippen LogP contribution in [0.3, 0.4) is 0 Å². The molecule has 0 amide bonds. The smallest absolute Gasteiger partial charge is 0.138 e. The summed E-state index contributed by atoms with van der Waals surface area (Å²) in [5.41, 5.74) is 6.78. The van der Waals surface area contributed by atoms with Gasteiger partial charge in [0.05, 0.1) is 0 Å². The van der Waals surface area contributed by atoms with Crippen LogP contribution in [0.25, 0.3) is 0 Å². The van der Waals surface area contributed by atoms with E-state index in [-0.39, 0.29) is 11.9 Å². The third-order valence-electron chi connectivity index (χ3n) is 2.76. The molecule has 96 valence electrons. The molecule has 0 fully saturated rings. The normalized spacial score (nSPS) is 12.7. The van der Waals surface area contributed by atoms with Crippen LogP contribution in [0.5, 0.6) is 0 Å². The summed E-state index contributed by atoms with van der Waals surface area (Å²) in [4.78, 5) is 4.15. The zero-order chi connectivity index (χ0) is 13.1. The van der Waals surface area contributed by atoms with Crippen molar-refractivity contribution in [1.82, 2.24) is 14.8 Å². The topological polar surface area (TPSA) is 56.7 Å². The van der Waals surface area contributed by atoms with Crippen LogP contribution < -0.4 is 5.73 Å². The molecule has 0 aliphatic carbocycles. The molecule has 18 heavy (non-hydrogen) atoms. The van der Waals surface area contributed by atoms with Crippen molar-refractivity contribution in [2.45, 2.75) is 25.9 Å². The fraction of sp³-hybridized carbons (Fsp3) is 0.333. The maximum atomic E-state index is 13.0. The lowest BCUT2D eigenvalue weighted by Crippen LogP contribution is -2.17. The summed E-state index contributed by atoms with van der Waals surface area (Å²) in [5.74, 6) is 0.429. The van der Waals surface area contributed by atoms with Crippen LogP contribution >= 0.6 is 11.6 Å². The van der Waals surface area contributed by atoms with E-state index in [1.165, 1.54) is 18.5 Å². The van der Waals surface area contributed by atoms with Gasteiger partial charge in [0.2, 0.25) is 0 Å². The van der Waals surface area contributed by atoms with Gasteiger partial charge in [0.25, 0.3) is 0 Å². The predicted octanol–water partition coefficient (Wildman–Crippen LogP) is 2.33. The van der Waals surface area contributed by atoms with Gasteiger partial charge in [0.1, 0.15) is 18.0 Å². The molecule has 0 bridgehead atoms. The Labute approximate surface area is 110 Å². The molecule has 0 saturated carbocycles. The summed E-state index contributed by atoms with van der Waals surface area (Å²) in [7, 11) is 0. The third-order valence-corrected chi connectivity index (χ3v) is 3.09. The number of nitrogens with zero attached hydrogens (tertiary/aromatic N) is 3. The molecule has 1 aromatic heterocycles. The Hall–Kier alpha value is -1.46. The fourth-order valence-electron chi connectivity index (χ4n) is 1.82. The van der Waals surface area contributed by atoms with Gasteiger partial charge in [0.15, 0.2) is 0 Å². The van der Waals surface area contributed by atoms with Crippen LogP contribution in [-0.2, 0) is 13.0 Å². The Morgan fingerprint density at radius 1 is 1.50 bits per heavy atom. The summed E-state index contributed by atoms with van der Waals surface area (Å²) in [6.07, 6.45) is 2.01. The van der Waals surface area contributed by atoms with Gasteiger partial charge in [-0.3, -0.25) is 4.68 Å². The number of rotatable bonds is 4. The molecule has 0 saturated heterocycles. The van der Waals surface area contributed by atoms with Crippen molar-refractivity contribution < 1.29 is 4.39 Å². The minimum Gasteiger partial charge on any atom is -0.324 e. The van der Waals surface area contributed by atoms with E-state index in [0.29, 0.717) is 17.0 Å². The molecule has 2 rings (SSSR count). The Morgan fingerprint density at radius 3 is 2.94 bits per heavy atom. The Balaban J connectivity index is 2.19. The largest absolute Gasteiger partial charge is 0.324 e. The van der Waals surface area contributed by atoms with Gasteiger partial charge in [0, 0.05) is 24.0 Å². The molecule has 1 heterocycles. The monoisotopic (exact) mass is 268 g/mol. The molecule has 4 nitrogen and oxygen atoms in total. The first-order chi connectivity index (χ1) is 8.61. The van der Waals surface area contributed by atoms with Gasteiger partial charge in [-0.15, -0.1) is 0 Å². The van der Waals surface area contributed by atoms with E-state index < -0.39 is 0 Å². The number of hydrogen-bond donors (Lipinski definition) is 1. The minimum absolute atomic E-state index is 0.326. The van der Waals surface area contributed by atoms with Crippen molar-refractivity contribution in [1.29, 1.82) is 0 Å². The van der Waals surface area contributed by atoms with Crippen molar-refractivity contribution in [2.75, 3.05) is 0 Å². The average molecular weight is 269 g/mol. The number of halogens is 2. The van der Waals surface area contributed by atoms with Crippen LogP contribution in [0.15, 0.2) is 24.5 Å². The average Bonchev–Trinajstić information content (AvgIpc) is 2.76. The molecule has 1 unspecified atom stereocenters. The first-order valence-corrected chi connectivity index (χ1v) is 6.06. The maximum Gasteiger partial charge on any atom is 0.138 e. The van der Waals surface area contributed by atoms with Gasteiger partial charge in [-0.05, 0) is 24.6 Å². The van der Waals surface area contributed by atoms with Crippen molar-refractivity contribution in [3.05, 3.63) is 46.8 Å². The summed E-state index contributed by atoms with van der Waals surface area (Å²) < 4.78 is 14.7. The van der Waals surface area contributed by atoms with Crippen molar-refractivity contribution in [2.24, 2.45) is 5.73 Å². The number of nitrogens with two attached hydrogens (primary N) is 1. The van der Waals surface area contributed by atoms with E-state index >= 15 is 0 Å². The van der Waals surface area contributed by atoms with E-state index in [1.807, 2.05) is 6.92 Å². The second kappa shape index (κ2) is 5.46. The Kier molecular flexibility index (Phi) is 3.93. The molecule has 0 aliphatic heterocycles.